The van der Waals surface area contributed by atoms with Crippen LogP contribution in [0, 0.1) is 0 Å². The molecule has 3 nitrogen and oxygen atoms in total. The Morgan fingerprint density at radius 3 is 2.09 bits per heavy atom. The standard InChI is InChI=1S/C20H15NO2/c22-19-17-13-7-8-14-18(17)20(23-19,15-9-3-1-4-10-15)21-16-11-5-2-6-12-16/h1-14,21H/t20-/m0/s1. The average Bonchev–Trinajstić information content (AvgIpc) is 2.90. The lowest BCUT2D eigenvalue weighted by molar-refractivity contribution is 0.0212. The van der Waals surface area contributed by atoms with Gasteiger partial charge in [0.1, 0.15) is 0 Å². The number of benzene rings is 3. The Morgan fingerprint density at radius 2 is 1.35 bits per heavy atom. The molecule has 0 amide bonds. The third kappa shape index (κ3) is 2.18. The Labute approximate surface area is 134 Å². The number of para-hydroxylation sites is 1. The molecule has 3 heteroatoms. The van der Waals surface area contributed by atoms with Gasteiger partial charge in [-0.15, -0.1) is 0 Å². The fourth-order valence-electron chi connectivity index (χ4n) is 2.99. The van der Waals surface area contributed by atoms with Crippen LogP contribution in [0.25, 0.3) is 0 Å². The van der Waals surface area contributed by atoms with Crippen LogP contribution < -0.4 is 5.32 Å². The Balaban J connectivity index is 1.92. The molecule has 1 atom stereocenters. The first-order chi connectivity index (χ1) is 11.3. The fourth-order valence-corrected chi connectivity index (χ4v) is 2.99. The summed E-state index contributed by atoms with van der Waals surface area (Å²) in [5.41, 5.74) is 2.21. The van der Waals surface area contributed by atoms with Crippen LogP contribution in [0.15, 0.2) is 84.9 Å². The van der Waals surface area contributed by atoms with Gasteiger partial charge in [0, 0.05) is 16.8 Å². The van der Waals surface area contributed by atoms with Crippen molar-refractivity contribution < 1.29 is 9.53 Å². The number of hydrogen-bond donors (Lipinski definition) is 1. The minimum atomic E-state index is -1.00. The molecule has 0 aromatic heterocycles. The van der Waals surface area contributed by atoms with Gasteiger partial charge in [0.05, 0.1) is 5.56 Å². The topological polar surface area (TPSA) is 38.3 Å². The van der Waals surface area contributed by atoms with Crippen LogP contribution >= 0.6 is 0 Å². The van der Waals surface area contributed by atoms with Gasteiger partial charge in [0.15, 0.2) is 0 Å². The number of carbonyl (C=O) groups excluding carboxylic acids is 1. The number of esters is 1. The molecule has 4 rings (SSSR count). The lowest BCUT2D eigenvalue weighted by Crippen LogP contribution is -2.36. The third-order valence-electron chi connectivity index (χ3n) is 4.05. The summed E-state index contributed by atoms with van der Waals surface area (Å²) in [6.45, 7) is 0. The predicted octanol–water partition coefficient (Wildman–Crippen LogP) is 4.17. The smallest absolute Gasteiger partial charge is 0.341 e. The maximum absolute atomic E-state index is 12.4. The molecule has 1 heterocycles. The van der Waals surface area contributed by atoms with E-state index in [1.165, 1.54) is 0 Å². The van der Waals surface area contributed by atoms with E-state index in [1.54, 1.807) is 6.07 Å². The van der Waals surface area contributed by atoms with E-state index >= 15 is 0 Å². The lowest BCUT2D eigenvalue weighted by Gasteiger charge is -2.31. The van der Waals surface area contributed by atoms with Crippen LogP contribution in [-0.2, 0) is 10.5 Å². The Morgan fingerprint density at radius 1 is 0.739 bits per heavy atom. The molecule has 0 fully saturated rings. The summed E-state index contributed by atoms with van der Waals surface area (Å²) in [6, 6.07) is 27.0. The van der Waals surface area contributed by atoms with Crippen molar-refractivity contribution in [1.29, 1.82) is 0 Å². The van der Waals surface area contributed by atoms with Crippen molar-refractivity contribution in [2.24, 2.45) is 0 Å². The van der Waals surface area contributed by atoms with Crippen LogP contribution in [-0.4, -0.2) is 5.97 Å². The summed E-state index contributed by atoms with van der Waals surface area (Å²) >= 11 is 0. The highest BCUT2D eigenvalue weighted by atomic mass is 16.6. The normalized spacial score (nSPS) is 19.0. The van der Waals surface area contributed by atoms with Crippen molar-refractivity contribution in [3.63, 3.8) is 0 Å². The quantitative estimate of drug-likeness (QED) is 0.738. The second-order valence-corrected chi connectivity index (χ2v) is 5.47. The Kier molecular flexibility index (Phi) is 3.12. The number of ether oxygens (including phenoxy) is 1. The highest BCUT2D eigenvalue weighted by molar-refractivity contribution is 5.96. The molecule has 1 N–H and O–H groups in total. The fraction of sp³-hybridized carbons (Fsp3) is 0.0500. The van der Waals surface area contributed by atoms with Gasteiger partial charge in [-0.05, 0) is 18.2 Å². The van der Waals surface area contributed by atoms with E-state index in [2.05, 4.69) is 5.32 Å². The van der Waals surface area contributed by atoms with Crippen LogP contribution in [0.1, 0.15) is 21.5 Å². The number of anilines is 1. The van der Waals surface area contributed by atoms with Gasteiger partial charge in [-0.1, -0.05) is 66.7 Å². The van der Waals surface area contributed by atoms with Crippen LogP contribution in [0.4, 0.5) is 5.69 Å². The molecule has 1 aliphatic heterocycles. The molecule has 0 unspecified atom stereocenters. The molecule has 0 saturated heterocycles. The van der Waals surface area contributed by atoms with Crippen LogP contribution in [0.3, 0.4) is 0 Å². The number of carbonyl (C=O) groups is 1. The van der Waals surface area contributed by atoms with Crippen molar-refractivity contribution in [2.75, 3.05) is 5.32 Å². The lowest BCUT2D eigenvalue weighted by atomic mass is 9.92. The molecule has 0 radical (unpaired) electrons. The molecule has 23 heavy (non-hydrogen) atoms. The zero-order valence-electron chi connectivity index (χ0n) is 12.4. The van der Waals surface area contributed by atoms with E-state index in [0.29, 0.717) is 5.56 Å². The highest BCUT2D eigenvalue weighted by Gasteiger charge is 2.47. The first-order valence-electron chi connectivity index (χ1n) is 7.51. The molecule has 0 saturated carbocycles. The van der Waals surface area contributed by atoms with Crippen molar-refractivity contribution in [3.05, 3.63) is 102 Å². The summed E-state index contributed by atoms with van der Waals surface area (Å²) in [6.07, 6.45) is 0. The summed E-state index contributed by atoms with van der Waals surface area (Å²) in [7, 11) is 0. The third-order valence-corrected chi connectivity index (χ3v) is 4.05. The first-order valence-corrected chi connectivity index (χ1v) is 7.51. The summed E-state index contributed by atoms with van der Waals surface area (Å²) < 4.78 is 5.86. The van der Waals surface area contributed by atoms with E-state index in [9.17, 15) is 4.79 Å². The largest absolute Gasteiger partial charge is 0.427 e. The molecule has 3 aromatic rings. The van der Waals surface area contributed by atoms with Gasteiger partial charge in [0.25, 0.3) is 0 Å². The van der Waals surface area contributed by atoms with Crippen LogP contribution in [0.2, 0.25) is 0 Å². The maximum Gasteiger partial charge on any atom is 0.341 e. The van der Waals surface area contributed by atoms with Gasteiger partial charge in [-0.2, -0.15) is 0 Å². The first kappa shape index (κ1) is 13.6. The molecule has 112 valence electrons. The number of rotatable bonds is 3. The Bertz CT molecular complexity index is 846. The van der Waals surface area contributed by atoms with Crippen LogP contribution in [0.5, 0.6) is 0 Å². The summed E-state index contributed by atoms with van der Waals surface area (Å²) in [5, 5.41) is 3.41. The van der Waals surface area contributed by atoms with Gasteiger partial charge < -0.3 is 10.1 Å². The average molecular weight is 301 g/mol. The number of cyclic esters (lactones) is 1. The molecule has 0 bridgehead atoms. The van der Waals surface area contributed by atoms with Crippen molar-refractivity contribution in [3.8, 4) is 0 Å². The van der Waals surface area contributed by atoms with Gasteiger partial charge >= 0.3 is 5.97 Å². The van der Waals surface area contributed by atoms with E-state index in [4.69, 9.17) is 4.74 Å². The summed E-state index contributed by atoms with van der Waals surface area (Å²) in [4.78, 5) is 12.4. The second kappa shape index (κ2) is 5.29. The molecule has 1 aliphatic rings. The van der Waals surface area contributed by atoms with Gasteiger partial charge in [0.2, 0.25) is 5.72 Å². The maximum atomic E-state index is 12.4. The van der Waals surface area contributed by atoms with E-state index in [-0.39, 0.29) is 5.97 Å². The molecular formula is C20H15NO2. The molecular weight excluding hydrogens is 286 g/mol. The second-order valence-electron chi connectivity index (χ2n) is 5.47. The van der Waals surface area contributed by atoms with Crippen molar-refractivity contribution in [2.45, 2.75) is 5.72 Å². The molecule has 0 spiro atoms. The highest BCUT2D eigenvalue weighted by Crippen LogP contribution is 2.42. The van der Waals surface area contributed by atoms with E-state index in [1.807, 2.05) is 78.9 Å². The SMILES string of the molecule is O=C1O[C@@](Nc2ccccc2)(c2ccccc2)c2ccccc21. The molecule has 0 aliphatic carbocycles. The zero-order chi connectivity index (χ0) is 15.7. The summed E-state index contributed by atoms with van der Waals surface area (Å²) in [5.74, 6) is -0.312. The Hall–Kier alpha value is -3.07. The van der Waals surface area contributed by atoms with E-state index < -0.39 is 5.72 Å². The number of hydrogen-bond acceptors (Lipinski definition) is 3. The molecule has 3 aromatic carbocycles. The zero-order valence-corrected chi connectivity index (χ0v) is 12.4. The number of nitrogens with one attached hydrogen (secondary N) is 1. The minimum absolute atomic E-state index is 0.312. The van der Waals surface area contributed by atoms with Gasteiger partial charge in [-0.25, -0.2) is 4.79 Å². The van der Waals surface area contributed by atoms with Crippen molar-refractivity contribution in [1.82, 2.24) is 0 Å². The minimum Gasteiger partial charge on any atom is -0.427 e. The van der Waals surface area contributed by atoms with Gasteiger partial charge in [-0.3, -0.25) is 0 Å². The van der Waals surface area contributed by atoms with E-state index in [0.717, 1.165) is 16.8 Å². The monoisotopic (exact) mass is 301 g/mol. The predicted molar refractivity (Wildman–Crippen MR) is 89.1 cm³/mol. The van der Waals surface area contributed by atoms with Crippen molar-refractivity contribution >= 4 is 11.7 Å². The number of fused-ring (bicyclic) bond motifs is 1.